The second-order valence-corrected chi connectivity index (χ2v) is 10.6. The minimum Gasteiger partial charge on any atom is -0.471 e. The van der Waals surface area contributed by atoms with Crippen molar-refractivity contribution >= 4 is 0 Å². The van der Waals surface area contributed by atoms with Gasteiger partial charge in [0.15, 0.2) is 24.0 Å². The molecule has 0 aliphatic carbocycles. The summed E-state index contributed by atoms with van der Waals surface area (Å²) in [6, 6.07) is 8.26. The Labute approximate surface area is 229 Å². The van der Waals surface area contributed by atoms with Gasteiger partial charge in [0, 0.05) is 25.9 Å². The van der Waals surface area contributed by atoms with E-state index in [-0.39, 0.29) is 12.5 Å². The van der Waals surface area contributed by atoms with Crippen LogP contribution in [0.1, 0.15) is 118 Å². The third-order valence-electron chi connectivity index (χ3n) is 7.62. The van der Waals surface area contributed by atoms with Gasteiger partial charge in [-0.2, -0.15) is 0 Å². The molecule has 2 unspecified atom stereocenters. The van der Waals surface area contributed by atoms with Gasteiger partial charge in [0.1, 0.15) is 0 Å². The highest BCUT2D eigenvalue weighted by Crippen LogP contribution is 2.31. The van der Waals surface area contributed by atoms with Gasteiger partial charge in [-0.3, -0.25) is 9.80 Å². The molecule has 0 radical (unpaired) electrons. The standard InChI is InChI=1S/C32H58N2O3/c1-5-9-11-13-15-19-25-33(7-3)31-23-27-35-28-24-32(37-30-22-18-17-21-29(30)36-31)34(8-4)26-20-16-14-12-10-6-2/h17-18,21-22,31-32H,5-16,19-20,23-28H2,1-4H3. The number of fused-ring (bicyclic) bond motifs is 1. The number of nitrogens with zero attached hydrogens (tertiary/aromatic N) is 2. The maximum atomic E-state index is 6.68. The number of ether oxygens (including phenoxy) is 3. The summed E-state index contributed by atoms with van der Waals surface area (Å²) in [7, 11) is 0. The molecule has 214 valence electrons. The van der Waals surface area contributed by atoms with Gasteiger partial charge in [0.25, 0.3) is 0 Å². The van der Waals surface area contributed by atoms with Gasteiger partial charge in [0.05, 0.1) is 13.2 Å². The predicted molar refractivity (Wildman–Crippen MR) is 157 cm³/mol. The van der Waals surface area contributed by atoms with E-state index in [2.05, 4.69) is 61.8 Å². The van der Waals surface area contributed by atoms with Crippen LogP contribution >= 0.6 is 0 Å². The van der Waals surface area contributed by atoms with E-state index >= 15 is 0 Å². The van der Waals surface area contributed by atoms with Crippen LogP contribution in [0.5, 0.6) is 11.5 Å². The minimum absolute atomic E-state index is 0.00680. The van der Waals surface area contributed by atoms with Crippen LogP contribution < -0.4 is 9.47 Å². The molecule has 0 aromatic heterocycles. The molecule has 1 aliphatic heterocycles. The first-order chi connectivity index (χ1) is 18.2. The Bertz CT molecular complexity index is 616. The smallest absolute Gasteiger partial charge is 0.163 e. The molecule has 0 saturated heterocycles. The van der Waals surface area contributed by atoms with Crippen LogP contribution in [0.4, 0.5) is 0 Å². The lowest BCUT2D eigenvalue weighted by molar-refractivity contribution is -0.00846. The molecular formula is C32H58N2O3. The number of benzene rings is 1. The summed E-state index contributed by atoms with van der Waals surface area (Å²) in [5, 5.41) is 0. The van der Waals surface area contributed by atoms with Crippen LogP contribution in [-0.4, -0.2) is 61.6 Å². The van der Waals surface area contributed by atoms with Crippen molar-refractivity contribution in [3.8, 4) is 11.5 Å². The first-order valence-electron chi connectivity index (χ1n) is 15.7. The first kappa shape index (κ1) is 31.9. The second-order valence-electron chi connectivity index (χ2n) is 10.6. The van der Waals surface area contributed by atoms with E-state index in [0.29, 0.717) is 0 Å². The fraction of sp³-hybridized carbons (Fsp3) is 0.812. The summed E-state index contributed by atoms with van der Waals surface area (Å²) in [4.78, 5) is 4.96. The Morgan fingerprint density at radius 1 is 0.595 bits per heavy atom. The zero-order valence-electron chi connectivity index (χ0n) is 24.7. The minimum atomic E-state index is 0.00680. The topological polar surface area (TPSA) is 34.2 Å². The molecule has 2 rings (SSSR count). The molecule has 1 heterocycles. The van der Waals surface area contributed by atoms with Crippen LogP contribution in [0.15, 0.2) is 24.3 Å². The van der Waals surface area contributed by atoms with Gasteiger partial charge in [-0.15, -0.1) is 0 Å². The maximum Gasteiger partial charge on any atom is 0.163 e. The molecule has 0 bridgehead atoms. The quantitative estimate of drug-likeness (QED) is 0.183. The SMILES string of the molecule is CCCCCCCCN(CC)C1CCOCCC(N(CC)CCCCCCCC)Oc2ccccc2O1. The van der Waals surface area contributed by atoms with E-state index in [0.717, 1.165) is 63.7 Å². The monoisotopic (exact) mass is 518 g/mol. The summed E-state index contributed by atoms with van der Waals surface area (Å²) in [5.74, 6) is 1.72. The molecular weight excluding hydrogens is 460 g/mol. The molecule has 0 amide bonds. The highest BCUT2D eigenvalue weighted by atomic mass is 16.6. The summed E-state index contributed by atoms with van der Waals surface area (Å²) in [6.07, 6.45) is 17.5. The molecule has 1 aromatic rings. The van der Waals surface area contributed by atoms with Crippen molar-refractivity contribution in [1.29, 1.82) is 0 Å². The Kier molecular flexibility index (Phi) is 17.8. The fourth-order valence-corrected chi connectivity index (χ4v) is 5.24. The zero-order chi connectivity index (χ0) is 26.6. The third-order valence-corrected chi connectivity index (χ3v) is 7.62. The molecule has 1 aliphatic rings. The number of para-hydroxylation sites is 2. The molecule has 0 spiro atoms. The second kappa shape index (κ2) is 20.6. The number of rotatable bonds is 18. The lowest BCUT2D eigenvalue weighted by atomic mass is 10.1. The molecule has 2 atom stereocenters. The highest BCUT2D eigenvalue weighted by Gasteiger charge is 2.25. The normalized spacial score (nSPS) is 18.8. The first-order valence-corrected chi connectivity index (χ1v) is 15.7. The van der Waals surface area contributed by atoms with E-state index in [4.69, 9.17) is 14.2 Å². The predicted octanol–water partition coefficient (Wildman–Crippen LogP) is 8.27. The van der Waals surface area contributed by atoms with E-state index in [1.54, 1.807) is 0 Å². The third kappa shape index (κ3) is 12.9. The lowest BCUT2D eigenvalue weighted by Crippen LogP contribution is -2.41. The van der Waals surface area contributed by atoms with E-state index in [9.17, 15) is 0 Å². The fourth-order valence-electron chi connectivity index (χ4n) is 5.24. The summed E-state index contributed by atoms with van der Waals surface area (Å²) in [6.45, 7) is 14.6. The van der Waals surface area contributed by atoms with Gasteiger partial charge in [-0.05, 0) is 38.1 Å². The van der Waals surface area contributed by atoms with Crippen LogP contribution in [0, 0.1) is 0 Å². The Hall–Kier alpha value is -1.30. The largest absolute Gasteiger partial charge is 0.471 e. The van der Waals surface area contributed by atoms with Gasteiger partial charge >= 0.3 is 0 Å². The average Bonchev–Trinajstić information content (AvgIpc) is 2.96. The molecule has 0 saturated carbocycles. The lowest BCUT2D eigenvalue weighted by Gasteiger charge is -2.33. The Balaban J connectivity index is 2.02. The van der Waals surface area contributed by atoms with Crippen LogP contribution in [0.3, 0.4) is 0 Å². The average molecular weight is 519 g/mol. The molecule has 37 heavy (non-hydrogen) atoms. The van der Waals surface area contributed by atoms with Crippen molar-refractivity contribution < 1.29 is 14.2 Å². The van der Waals surface area contributed by atoms with Gasteiger partial charge in [-0.25, -0.2) is 0 Å². The number of hydrogen-bond acceptors (Lipinski definition) is 5. The van der Waals surface area contributed by atoms with Crippen molar-refractivity contribution in [2.75, 3.05) is 39.4 Å². The van der Waals surface area contributed by atoms with E-state index < -0.39 is 0 Å². The molecule has 0 fully saturated rings. The van der Waals surface area contributed by atoms with Crippen molar-refractivity contribution in [2.45, 2.75) is 130 Å². The van der Waals surface area contributed by atoms with Crippen molar-refractivity contribution in [3.05, 3.63) is 24.3 Å². The van der Waals surface area contributed by atoms with Crippen LogP contribution in [0.2, 0.25) is 0 Å². The summed E-state index contributed by atoms with van der Waals surface area (Å²) in [5.41, 5.74) is 0. The van der Waals surface area contributed by atoms with E-state index in [1.165, 1.54) is 77.0 Å². The number of hydrogen-bond donors (Lipinski definition) is 0. The molecule has 1 aromatic carbocycles. The van der Waals surface area contributed by atoms with E-state index in [1.807, 2.05) is 0 Å². The van der Waals surface area contributed by atoms with Crippen molar-refractivity contribution in [1.82, 2.24) is 9.80 Å². The Morgan fingerprint density at radius 2 is 1.00 bits per heavy atom. The van der Waals surface area contributed by atoms with Gasteiger partial charge in [-0.1, -0.05) is 104 Å². The zero-order valence-corrected chi connectivity index (χ0v) is 24.7. The highest BCUT2D eigenvalue weighted by molar-refractivity contribution is 5.39. The van der Waals surface area contributed by atoms with Crippen LogP contribution in [0.25, 0.3) is 0 Å². The Morgan fingerprint density at radius 3 is 1.41 bits per heavy atom. The van der Waals surface area contributed by atoms with Gasteiger partial charge in [0.2, 0.25) is 0 Å². The van der Waals surface area contributed by atoms with Gasteiger partial charge < -0.3 is 14.2 Å². The maximum absolute atomic E-state index is 6.68. The van der Waals surface area contributed by atoms with Crippen molar-refractivity contribution in [2.24, 2.45) is 0 Å². The molecule has 0 N–H and O–H groups in total. The van der Waals surface area contributed by atoms with Crippen LogP contribution in [-0.2, 0) is 4.74 Å². The summed E-state index contributed by atoms with van der Waals surface area (Å²) >= 11 is 0. The summed E-state index contributed by atoms with van der Waals surface area (Å²) < 4.78 is 19.5. The van der Waals surface area contributed by atoms with Crippen molar-refractivity contribution in [3.63, 3.8) is 0 Å². The number of unbranched alkanes of at least 4 members (excludes halogenated alkanes) is 10. The molecule has 5 nitrogen and oxygen atoms in total. The molecule has 5 heteroatoms.